The molecule has 2 rings (SSSR count). The van der Waals surface area contributed by atoms with Gasteiger partial charge in [-0.3, -0.25) is 4.79 Å². The van der Waals surface area contributed by atoms with Gasteiger partial charge in [-0.1, -0.05) is 11.6 Å². The lowest BCUT2D eigenvalue weighted by Gasteiger charge is -2.14. The highest BCUT2D eigenvalue weighted by Crippen LogP contribution is 2.29. The molecular formula is C17H17ClFNO3. The monoisotopic (exact) mass is 337 g/mol. The van der Waals surface area contributed by atoms with Gasteiger partial charge in [0.1, 0.15) is 5.82 Å². The molecule has 1 amide bonds. The molecule has 6 heteroatoms. The summed E-state index contributed by atoms with van der Waals surface area (Å²) in [4.78, 5) is 12.3. The van der Waals surface area contributed by atoms with Crippen molar-refractivity contribution in [1.29, 1.82) is 0 Å². The lowest BCUT2D eigenvalue weighted by Crippen LogP contribution is -2.13. The van der Waals surface area contributed by atoms with Gasteiger partial charge in [-0.15, -0.1) is 0 Å². The normalized spacial score (nSPS) is 10.5. The zero-order chi connectivity index (χ0) is 17.0. The van der Waals surface area contributed by atoms with Crippen LogP contribution in [0.5, 0.6) is 11.5 Å². The molecule has 0 saturated carbocycles. The first-order valence-corrected chi connectivity index (χ1v) is 7.39. The van der Waals surface area contributed by atoms with E-state index < -0.39 is 5.82 Å². The summed E-state index contributed by atoms with van der Waals surface area (Å²) in [5.74, 6) is 0.121. The van der Waals surface area contributed by atoms with Gasteiger partial charge in [0.05, 0.1) is 18.2 Å². The highest BCUT2D eigenvalue weighted by Gasteiger charge is 2.13. The highest BCUT2D eigenvalue weighted by atomic mass is 35.5. The summed E-state index contributed by atoms with van der Waals surface area (Å²) in [6.07, 6.45) is -0.00932. The summed E-state index contributed by atoms with van der Waals surface area (Å²) in [5.41, 5.74) is 0.793. The van der Waals surface area contributed by atoms with Gasteiger partial charge in [0, 0.05) is 11.3 Å². The average molecular weight is 338 g/mol. The summed E-state index contributed by atoms with van der Waals surface area (Å²) >= 11 is 5.70. The van der Waals surface area contributed by atoms with E-state index in [4.69, 9.17) is 21.1 Å². The van der Waals surface area contributed by atoms with E-state index >= 15 is 0 Å². The molecule has 0 radical (unpaired) electrons. The molecule has 0 atom stereocenters. The number of amides is 1. The van der Waals surface area contributed by atoms with Crippen molar-refractivity contribution in [3.63, 3.8) is 0 Å². The number of carbonyl (C=O) groups excluding carboxylic acids is 1. The summed E-state index contributed by atoms with van der Waals surface area (Å²) in [6, 6.07) is 8.86. The quantitative estimate of drug-likeness (QED) is 0.872. The van der Waals surface area contributed by atoms with Gasteiger partial charge in [0.25, 0.3) is 5.91 Å². The minimum Gasteiger partial charge on any atom is -0.493 e. The lowest BCUT2D eigenvalue weighted by atomic mass is 10.1. The Hall–Kier alpha value is -2.27. The Balaban J connectivity index is 2.20. The van der Waals surface area contributed by atoms with Gasteiger partial charge in [-0.25, -0.2) is 4.39 Å². The number of benzene rings is 2. The van der Waals surface area contributed by atoms with Crippen molar-refractivity contribution in [2.24, 2.45) is 0 Å². The van der Waals surface area contributed by atoms with Crippen molar-refractivity contribution in [1.82, 2.24) is 0 Å². The molecule has 122 valence electrons. The van der Waals surface area contributed by atoms with Crippen LogP contribution >= 0.6 is 11.6 Å². The third-order valence-electron chi connectivity index (χ3n) is 2.97. The van der Waals surface area contributed by atoms with Gasteiger partial charge < -0.3 is 14.8 Å². The number of carbonyl (C=O) groups is 1. The molecule has 0 aliphatic heterocycles. The van der Waals surface area contributed by atoms with E-state index in [0.29, 0.717) is 22.7 Å². The highest BCUT2D eigenvalue weighted by molar-refractivity contribution is 6.31. The van der Waals surface area contributed by atoms with Crippen LogP contribution in [0.1, 0.15) is 24.2 Å². The smallest absolute Gasteiger partial charge is 0.255 e. The molecule has 0 aliphatic carbocycles. The zero-order valence-corrected chi connectivity index (χ0v) is 13.8. The van der Waals surface area contributed by atoms with Crippen molar-refractivity contribution in [2.75, 3.05) is 12.4 Å². The van der Waals surface area contributed by atoms with E-state index in [9.17, 15) is 9.18 Å². The number of hydrogen-bond acceptors (Lipinski definition) is 3. The Morgan fingerprint density at radius 3 is 2.52 bits per heavy atom. The molecule has 0 aliphatic rings. The number of methoxy groups -OCH3 is 1. The maximum atomic E-state index is 13.1. The number of nitrogens with one attached hydrogen (secondary N) is 1. The minimum atomic E-state index is -0.540. The molecule has 2 aromatic rings. The molecular weight excluding hydrogens is 321 g/mol. The van der Waals surface area contributed by atoms with E-state index in [1.54, 1.807) is 18.2 Å². The van der Waals surface area contributed by atoms with Crippen LogP contribution in [0.3, 0.4) is 0 Å². The average Bonchev–Trinajstić information content (AvgIpc) is 2.50. The van der Waals surface area contributed by atoms with Crippen LogP contribution in [0.4, 0.5) is 10.1 Å². The molecule has 0 spiro atoms. The van der Waals surface area contributed by atoms with E-state index in [0.717, 1.165) is 0 Å². The van der Waals surface area contributed by atoms with Crippen LogP contribution in [-0.2, 0) is 0 Å². The molecule has 1 N–H and O–H groups in total. The first-order chi connectivity index (χ1) is 10.9. The zero-order valence-electron chi connectivity index (χ0n) is 13.0. The first kappa shape index (κ1) is 17.1. The fourth-order valence-corrected chi connectivity index (χ4v) is 2.12. The SMILES string of the molecule is COc1cc(C(=O)Nc2ccc(F)c(Cl)c2)ccc1OC(C)C. The third-order valence-corrected chi connectivity index (χ3v) is 3.26. The second-order valence-electron chi connectivity index (χ2n) is 5.12. The molecule has 0 aromatic heterocycles. The van der Waals surface area contributed by atoms with Crippen molar-refractivity contribution in [3.05, 3.63) is 52.8 Å². The summed E-state index contributed by atoms with van der Waals surface area (Å²) < 4.78 is 24.0. The molecule has 23 heavy (non-hydrogen) atoms. The van der Waals surface area contributed by atoms with Crippen LogP contribution in [0.25, 0.3) is 0 Å². The minimum absolute atomic E-state index is 0.00932. The van der Waals surface area contributed by atoms with Crippen molar-refractivity contribution in [3.8, 4) is 11.5 Å². The largest absolute Gasteiger partial charge is 0.493 e. The first-order valence-electron chi connectivity index (χ1n) is 7.02. The summed E-state index contributed by atoms with van der Waals surface area (Å²) in [6.45, 7) is 3.80. The maximum absolute atomic E-state index is 13.1. The number of rotatable bonds is 5. The molecule has 2 aromatic carbocycles. The van der Waals surface area contributed by atoms with Crippen molar-refractivity contribution < 1.29 is 18.7 Å². The molecule has 0 heterocycles. The fourth-order valence-electron chi connectivity index (χ4n) is 1.94. The van der Waals surface area contributed by atoms with E-state index in [1.165, 1.54) is 25.3 Å². The molecule has 0 saturated heterocycles. The van der Waals surface area contributed by atoms with E-state index in [-0.39, 0.29) is 17.0 Å². The fraction of sp³-hybridized carbons (Fsp3) is 0.235. The van der Waals surface area contributed by atoms with Gasteiger partial charge in [0.15, 0.2) is 11.5 Å². The Morgan fingerprint density at radius 1 is 1.17 bits per heavy atom. The maximum Gasteiger partial charge on any atom is 0.255 e. The van der Waals surface area contributed by atoms with Crippen molar-refractivity contribution in [2.45, 2.75) is 20.0 Å². The van der Waals surface area contributed by atoms with Crippen LogP contribution in [0.2, 0.25) is 5.02 Å². The number of halogens is 2. The van der Waals surface area contributed by atoms with Crippen LogP contribution in [0.15, 0.2) is 36.4 Å². The van der Waals surface area contributed by atoms with Crippen LogP contribution in [0, 0.1) is 5.82 Å². The topological polar surface area (TPSA) is 47.6 Å². The van der Waals surface area contributed by atoms with Crippen LogP contribution < -0.4 is 14.8 Å². The summed E-state index contributed by atoms with van der Waals surface area (Å²) in [5, 5.41) is 2.60. The molecule has 0 fully saturated rings. The Labute approximate surface area is 139 Å². The standard InChI is InChI=1S/C17H17ClFNO3/c1-10(2)23-15-7-4-11(8-16(15)22-3)17(21)20-12-5-6-14(19)13(18)9-12/h4-10H,1-3H3,(H,20,21). The number of hydrogen-bond donors (Lipinski definition) is 1. The van der Waals surface area contributed by atoms with Crippen LogP contribution in [-0.4, -0.2) is 19.1 Å². The predicted octanol–water partition coefficient (Wildman–Crippen LogP) is 4.53. The lowest BCUT2D eigenvalue weighted by molar-refractivity contribution is 0.102. The third kappa shape index (κ3) is 4.36. The number of ether oxygens (including phenoxy) is 2. The molecule has 4 nitrogen and oxygen atoms in total. The van der Waals surface area contributed by atoms with Gasteiger partial charge >= 0.3 is 0 Å². The molecule has 0 unspecified atom stereocenters. The number of anilines is 1. The van der Waals surface area contributed by atoms with E-state index in [1.807, 2.05) is 13.8 Å². The molecule has 0 bridgehead atoms. The van der Waals surface area contributed by atoms with Gasteiger partial charge in [-0.2, -0.15) is 0 Å². The second-order valence-corrected chi connectivity index (χ2v) is 5.52. The Morgan fingerprint density at radius 2 is 1.91 bits per heavy atom. The predicted molar refractivity (Wildman–Crippen MR) is 88.1 cm³/mol. The Bertz CT molecular complexity index is 719. The second kappa shape index (κ2) is 7.33. The summed E-state index contributed by atoms with van der Waals surface area (Å²) in [7, 11) is 1.50. The van der Waals surface area contributed by atoms with Gasteiger partial charge in [0.2, 0.25) is 0 Å². The van der Waals surface area contributed by atoms with E-state index in [2.05, 4.69) is 5.32 Å². The van der Waals surface area contributed by atoms with Gasteiger partial charge in [-0.05, 0) is 50.2 Å². The van der Waals surface area contributed by atoms with Crippen molar-refractivity contribution >= 4 is 23.2 Å². The Kier molecular flexibility index (Phi) is 5.45.